The Kier molecular flexibility index (Phi) is 5.90. The minimum Gasteiger partial charge on any atom is -0.494 e. The predicted octanol–water partition coefficient (Wildman–Crippen LogP) is 2.55. The van der Waals surface area contributed by atoms with Crippen molar-refractivity contribution in [3.05, 3.63) is 29.8 Å². The van der Waals surface area contributed by atoms with E-state index in [9.17, 15) is 5.11 Å². The van der Waals surface area contributed by atoms with Gasteiger partial charge in [0.15, 0.2) is 0 Å². The minimum atomic E-state index is -0.373. The van der Waals surface area contributed by atoms with Crippen molar-refractivity contribution in [1.29, 1.82) is 0 Å². The third-order valence-corrected chi connectivity index (χ3v) is 2.41. The van der Waals surface area contributed by atoms with Gasteiger partial charge in [-0.2, -0.15) is 0 Å². The zero-order valence-electron chi connectivity index (χ0n) is 9.98. The molecule has 1 N–H and O–H groups in total. The van der Waals surface area contributed by atoms with Crippen LogP contribution in [0.1, 0.15) is 31.4 Å². The fourth-order valence-electron chi connectivity index (χ4n) is 1.42. The Morgan fingerprint density at radius 3 is 2.44 bits per heavy atom. The van der Waals surface area contributed by atoms with Crippen LogP contribution in [0.15, 0.2) is 24.3 Å². The number of aliphatic hydroxyl groups excluding tert-OH is 1. The smallest absolute Gasteiger partial charge is 0.119 e. The normalized spacial score (nSPS) is 12.4. The summed E-state index contributed by atoms with van der Waals surface area (Å²) in [5.74, 6) is 0.836. The maximum atomic E-state index is 9.61. The van der Waals surface area contributed by atoms with Crippen LogP contribution >= 0.6 is 0 Å². The van der Waals surface area contributed by atoms with Gasteiger partial charge in [0.1, 0.15) is 5.75 Å². The number of aliphatic hydroxyl groups is 1. The molecule has 0 aliphatic rings. The Morgan fingerprint density at radius 2 is 1.88 bits per heavy atom. The molecule has 0 fully saturated rings. The summed E-state index contributed by atoms with van der Waals surface area (Å²) in [6.45, 7) is 3.33. The molecule has 0 spiro atoms. The van der Waals surface area contributed by atoms with Gasteiger partial charge in [-0.1, -0.05) is 19.1 Å². The zero-order valence-corrected chi connectivity index (χ0v) is 9.98. The van der Waals surface area contributed by atoms with E-state index in [1.807, 2.05) is 31.2 Å². The van der Waals surface area contributed by atoms with Gasteiger partial charge >= 0.3 is 0 Å². The van der Waals surface area contributed by atoms with Gasteiger partial charge < -0.3 is 14.6 Å². The predicted molar refractivity (Wildman–Crippen MR) is 63.7 cm³/mol. The highest BCUT2D eigenvalue weighted by Crippen LogP contribution is 2.19. The second-order valence-electron chi connectivity index (χ2n) is 3.69. The van der Waals surface area contributed by atoms with Gasteiger partial charge in [0.05, 0.1) is 12.7 Å². The summed E-state index contributed by atoms with van der Waals surface area (Å²) < 4.78 is 10.4. The van der Waals surface area contributed by atoms with Crippen molar-refractivity contribution in [3.63, 3.8) is 0 Å². The van der Waals surface area contributed by atoms with Crippen molar-refractivity contribution >= 4 is 0 Å². The zero-order chi connectivity index (χ0) is 11.8. The summed E-state index contributed by atoms with van der Waals surface area (Å²) in [6.07, 6.45) is 1.24. The topological polar surface area (TPSA) is 38.7 Å². The van der Waals surface area contributed by atoms with Crippen molar-refractivity contribution in [2.24, 2.45) is 0 Å². The van der Waals surface area contributed by atoms with Gasteiger partial charge in [0, 0.05) is 20.1 Å². The van der Waals surface area contributed by atoms with Gasteiger partial charge in [0.2, 0.25) is 0 Å². The van der Waals surface area contributed by atoms with Crippen LogP contribution in [0.3, 0.4) is 0 Å². The Balaban J connectivity index is 2.39. The van der Waals surface area contributed by atoms with Gasteiger partial charge in [-0.3, -0.25) is 0 Å². The van der Waals surface area contributed by atoms with Crippen LogP contribution in [0.25, 0.3) is 0 Å². The first-order valence-electron chi connectivity index (χ1n) is 5.67. The lowest BCUT2D eigenvalue weighted by molar-refractivity contribution is 0.171. The highest BCUT2D eigenvalue weighted by molar-refractivity contribution is 5.28. The number of rotatable bonds is 7. The van der Waals surface area contributed by atoms with Gasteiger partial charge in [-0.25, -0.2) is 0 Å². The molecule has 0 amide bonds. The van der Waals surface area contributed by atoms with Crippen LogP contribution in [0, 0.1) is 0 Å². The molecule has 1 atom stereocenters. The Labute approximate surface area is 97.0 Å². The summed E-state index contributed by atoms with van der Waals surface area (Å²) in [7, 11) is 1.68. The number of hydrogen-bond acceptors (Lipinski definition) is 3. The third-order valence-electron chi connectivity index (χ3n) is 2.41. The molecule has 0 aliphatic heterocycles. The van der Waals surface area contributed by atoms with Crippen molar-refractivity contribution in [1.82, 2.24) is 0 Å². The molecule has 3 heteroatoms. The Bertz CT molecular complexity index is 282. The first-order valence-corrected chi connectivity index (χ1v) is 5.67. The van der Waals surface area contributed by atoms with Crippen LogP contribution in [0.2, 0.25) is 0 Å². The number of hydrogen-bond donors (Lipinski definition) is 1. The van der Waals surface area contributed by atoms with Crippen LogP contribution < -0.4 is 4.74 Å². The quantitative estimate of drug-likeness (QED) is 0.723. The largest absolute Gasteiger partial charge is 0.494 e. The lowest BCUT2D eigenvalue weighted by Crippen LogP contribution is -2.01. The molecular formula is C13H20O3. The Morgan fingerprint density at radius 1 is 1.19 bits per heavy atom. The molecule has 0 radical (unpaired) electrons. The number of ether oxygens (including phenoxy) is 2. The molecule has 1 aromatic carbocycles. The fourth-order valence-corrected chi connectivity index (χ4v) is 1.42. The first kappa shape index (κ1) is 13.0. The second kappa shape index (κ2) is 7.25. The molecule has 0 aliphatic carbocycles. The van der Waals surface area contributed by atoms with E-state index in [2.05, 4.69) is 0 Å². The Hall–Kier alpha value is -1.06. The van der Waals surface area contributed by atoms with E-state index in [0.29, 0.717) is 13.2 Å². The minimum absolute atomic E-state index is 0.373. The molecule has 0 aromatic heterocycles. The fraction of sp³-hybridized carbons (Fsp3) is 0.538. The van der Waals surface area contributed by atoms with Crippen LogP contribution in [-0.4, -0.2) is 25.4 Å². The van der Waals surface area contributed by atoms with Crippen molar-refractivity contribution in [2.75, 3.05) is 20.3 Å². The highest BCUT2D eigenvalue weighted by atomic mass is 16.5. The SMILES string of the molecule is CC[C@H](O)c1ccc(OCCCOC)cc1. The van der Waals surface area contributed by atoms with E-state index in [1.165, 1.54) is 0 Å². The second-order valence-corrected chi connectivity index (χ2v) is 3.69. The molecular weight excluding hydrogens is 204 g/mol. The summed E-state index contributed by atoms with van der Waals surface area (Å²) in [5.41, 5.74) is 0.937. The average Bonchev–Trinajstić information content (AvgIpc) is 2.34. The molecule has 1 aromatic rings. The molecule has 0 saturated heterocycles. The lowest BCUT2D eigenvalue weighted by atomic mass is 10.1. The van der Waals surface area contributed by atoms with Gasteiger partial charge in [-0.15, -0.1) is 0 Å². The monoisotopic (exact) mass is 224 g/mol. The molecule has 16 heavy (non-hydrogen) atoms. The molecule has 0 saturated carbocycles. The summed E-state index contributed by atoms with van der Waals surface area (Å²) >= 11 is 0. The van der Waals surface area contributed by atoms with E-state index in [0.717, 1.165) is 24.2 Å². The van der Waals surface area contributed by atoms with E-state index in [1.54, 1.807) is 7.11 Å². The average molecular weight is 224 g/mol. The molecule has 1 rings (SSSR count). The standard InChI is InChI=1S/C13H20O3/c1-3-13(14)11-5-7-12(8-6-11)16-10-4-9-15-2/h5-8,13-14H,3-4,9-10H2,1-2H3/t13-/m0/s1. The summed E-state index contributed by atoms with van der Waals surface area (Å²) in [4.78, 5) is 0. The van der Waals surface area contributed by atoms with Crippen LogP contribution in [0.5, 0.6) is 5.75 Å². The first-order chi connectivity index (χ1) is 7.77. The highest BCUT2D eigenvalue weighted by Gasteiger charge is 2.03. The number of benzene rings is 1. The summed E-state index contributed by atoms with van der Waals surface area (Å²) in [5, 5.41) is 9.61. The maximum absolute atomic E-state index is 9.61. The molecule has 0 bridgehead atoms. The molecule has 3 nitrogen and oxygen atoms in total. The van der Waals surface area contributed by atoms with Crippen molar-refractivity contribution in [3.8, 4) is 5.75 Å². The molecule has 0 heterocycles. The van der Waals surface area contributed by atoms with Crippen LogP contribution in [0.4, 0.5) is 0 Å². The van der Waals surface area contributed by atoms with Crippen LogP contribution in [-0.2, 0) is 4.74 Å². The van der Waals surface area contributed by atoms with E-state index in [4.69, 9.17) is 9.47 Å². The van der Waals surface area contributed by atoms with Crippen molar-refractivity contribution in [2.45, 2.75) is 25.9 Å². The van der Waals surface area contributed by atoms with E-state index in [-0.39, 0.29) is 6.10 Å². The van der Waals surface area contributed by atoms with E-state index < -0.39 is 0 Å². The molecule has 0 unspecified atom stereocenters. The number of methoxy groups -OCH3 is 1. The molecule has 90 valence electrons. The van der Waals surface area contributed by atoms with Crippen molar-refractivity contribution < 1.29 is 14.6 Å². The summed E-state index contributed by atoms with van der Waals surface area (Å²) in [6, 6.07) is 7.58. The van der Waals surface area contributed by atoms with Gasteiger partial charge in [0.25, 0.3) is 0 Å². The third kappa shape index (κ3) is 4.21. The van der Waals surface area contributed by atoms with E-state index >= 15 is 0 Å². The maximum Gasteiger partial charge on any atom is 0.119 e. The lowest BCUT2D eigenvalue weighted by Gasteiger charge is -2.10. The van der Waals surface area contributed by atoms with Gasteiger partial charge in [-0.05, 0) is 24.1 Å².